The Morgan fingerprint density at radius 1 is 0.146 bits per heavy atom. The number of anilines is 12. The van der Waals surface area contributed by atoms with Crippen molar-refractivity contribution in [1.82, 2.24) is 0 Å². The maximum absolute atomic E-state index is 2.67. The van der Waals surface area contributed by atoms with Crippen LogP contribution in [-0.4, -0.2) is 13.4 Å². The fourth-order valence-electron chi connectivity index (χ4n) is 16.1. The Kier molecular flexibility index (Phi) is 13.1. The molecule has 0 unspecified atom stereocenters. The maximum atomic E-state index is 2.67. The second kappa shape index (κ2) is 22.7. The molecule has 19 rings (SSSR count). The van der Waals surface area contributed by atoms with E-state index in [1.54, 1.807) is 0 Å². The Hall–Kier alpha value is -12.4. The van der Waals surface area contributed by atoms with E-state index in [0.717, 1.165) is 113 Å². The van der Waals surface area contributed by atoms with Crippen molar-refractivity contribution in [3.8, 4) is 66.8 Å². The van der Waals surface area contributed by atoms with E-state index in [9.17, 15) is 0 Å². The highest BCUT2D eigenvalue weighted by atomic mass is 15.2. The first kappa shape index (κ1) is 55.3. The van der Waals surface area contributed by atoms with Crippen LogP contribution in [0.4, 0.5) is 68.2 Å². The van der Waals surface area contributed by atoms with Crippen LogP contribution in [0.25, 0.3) is 66.8 Å². The van der Waals surface area contributed by atoms with E-state index in [0.29, 0.717) is 0 Å². The van der Waals surface area contributed by atoms with Gasteiger partial charge in [0, 0.05) is 67.8 Å². The fraction of sp³-hybridized carbons (Fsp3) is 0. The molecule has 0 bridgehead atoms. The summed E-state index contributed by atoms with van der Waals surface area (Å²) in [6.07, 6.45) is 0. The van der Waals surface area contributed by atoms with E-state index in [-0.39, 0.29) is 13.4 Å². The van der Waals surface area contributed by atoms with E-state index < -0.39 is 0 Å². The molecule has 15 aromatic rings. The highest BCUT2D eigenvalue weighted by molar-refractivity contribution is 7.03. The van der Waals surface area contributed by atoms with Crippen molar-refractivity contribution in [2.45, 2.75) is 0 Å². The molecule has 0 spiro atoms. The average molecular weight is 1220 g/mol. The largest absolute Gasteiger partial charge is 0.311 e. The van der Waals surface area contributed by atoms with Crippen LogP contribution in [0.1, 0.15) is 0 Å². The minimum atomic E-state index is -0.198. The minimum absolute atomic E-state index is 0.198. The van der Waals surface area contributed by atoms with Crippen LogP contribution in [0.2, 0.25) is 0 Å². The lowest BCUT2D eigenvalue weighted by molar-refractivity contribution is 1.23. The van der Waals surface area contributed by atoms with Crippen molar-refractivity contribution >= 4 is 114 Å². The molecule has 0 radical (unpaired) electrons. The molecule has 0 aromatic heterocycles. The van der Waals surface area contributed by atoms with Gasteiger partial charge in [-0.15, -0.1) is 0 Å². The van der Waals surface area contributed by atoms with Gasteiger partial charge < -0.3 is 19.6 Å². The van der Waals surface area contributed by atoms with Crippen LogP contribution >= 0.6 is 0 Å². The molecule has 0 fully saturated rings. The summed E-state index contributed by atoms with van der Waals surface area (Å²) in [5, 5.41) is 0. The highest BCUT2D eigenvalue weighted by Gasteiger charge is 2.49. The topological polar surface area (TPSA) is 13.0 Å². The second-order valence-electron chi connectivity index (χ2n) is 25.4. The molecule has 96 heavy (non-hydrogen) atoms. The molecule has 4 nitrogen and oxygen atoms in total. The molecular weight excluding hydrogens is 1160 g/mol. The van der Waals surface area contributed by atoms with Gasteiger partial charge in [-0.05, 0) is 144 Å². The van der Waals surface area contributed by atoms with Crippen molar-refractivity contribution in [2.24, 2.45) is 0 Å². The lowest BCUT2D eigenvalue weighted by Gasteiger charge is -2.48. The summed E-state index contributed by atoms with van der Waals surface area (Å²) in [5.41, 5.74) is 35.0. The summed E-state index contributed by atoms with van der Waals surface area (Å²) in [6.45, 7) is -0.396. The molecule has 446 valence electrons. The molecule has 0 atom stereocenters. The van der Waals surface area contributed by atoms with Gasteiger partial charge >= 0.3 is 0 Å². The first-order valence-electron chi connectivity index (χ1n) is 33.3. The Balaban J connectivity index is 0.964. The summed E-state index contributed by atoms with van der Waals surface area (Å²) < 4.78 is 0. The van der Waals surface area contributed by atoms with Gasteiger partial charge in [-0.1, -0.05) is 297 Å². The number of hydrogen-bond acceptors (Lipinski definition) is 4. The van der Waals surface area contributed by atoms with E-state index in [4.69, 9.17) is 0 Å². The third kappa shape index (κ3) is 8.80. The van der Waals surface area contributed by atoms with Crippen molar-refractivity contribution in [2.75, 3.05) is 19.6 Å². The molecule has 0 saturated heterocycles. The van der Waals surface area contributed by atoms with Crippen LogP contribution in [-0.2, 0) is 0 Å². The number of rotatable bonds is 10. The van der Waals surface area contributed by atoms with Crippen LogP contribution in [0.15, 0.2) is 364 Å². The highest BCUT2D eigenvalue weighted by Crippen LogP contribution is 2.54. The molecule has 4 aliphatic heterocycles. The molecule has 4 aliphatic rings. The Morgan fingerprint density at radius 3 is 0.667 bits per heavy atom. The first-order chi connectivity index (χ1) is 47.7. The zero-order valence-corrected chi connectivity index (χ0v) is 52.6. The molecule has 6 heteroatoms. The first-order valence-corrected chi connectivity index (χ1v) is 33.3. The van der Waals surface area contributed by atoms with Gasteiger partial charge in [0.25, 0.3) is 13.4 Å². The third-order valence-corrected chi connectivity index (χ3v) is 20.2. The average Bonchev–Trinajstić information content (AvgIpc) is 0.684. The van der Waals surface area contributed by atoms with Gasteiger partial charge in [0.1, 0.15) is 0 Å². The van der Waals surface area contributed by atoms with Crippen molar-refractivity contribution in [3.63, 3.8) is 0 Å². The molecule has 0 saturated carbocycles. The van der Waals surface area contributed by atoms with Crippen molar-refractivity contribution in [3.05, 3.63) is 364 Å². The van der Waals surface area contributed by atoms with Crippen LogP contribution in [0, 0.1) is 0 Å². The van der Waals surface area contributed by atoms with E-state index in [2.05, 4.69) is 384 Å². The normalized spacial score (nSPS) is 12.9. The summed E-state index contributed by atoms with van der Waals surface area (Å²) in [5.74, 6) is 0. The second-order valence-corrected chi connectivity index (χ2v) is 25.4. The number of hydrogen-bond donors (Lipinski definition) is 0. The van der Waals surface area contributed by atoms with Gasteiger partial charge in [-0.2, -0.15) is 0 Å². The van der Waals surface area contributed by atoms with Crippen molar-refractivity contribution < 1.29 is 0 Å². The van der Waals surface area contributed by atoms with Gasteiger partial charge in [-0.25, -0.2) is 0 Å². The zero-order chi connectivity index (χ0) is 63.2. The summed E-state index contributed by atoms with van der Waals surface area (Å²) in [6, 6.07) is 136. The standard InChI is InChI=1S/C90H60B2N4/c1-7-31-61(32-8-1)67-55-85-89-87(57-67)95(79-51-27-21-45-71(79)65-39-15-5-16-40-65)83-60-84-76(59-75(83)91(89)73-47-23-29-53-81(73)93(85)77-49-25-19-43-69(77)63-35-11-3-12-36-63)92-74-48-24-30-54-82(74)94(78-50-26-20-44-70(78)64-37-13-4-14-38-64)86-56-68(62-33-9-2-10-34-62)58-88(90(86)92)96(84)80-52-28-22-46-72(80)66-41-17-6-18-42-66/h1-60H. The van der Waals surface area contributed by atoms with Gasteiger partial charge in [-0.3, -0.25) is 0 Å². The smallest absolute Gasteiger partial charge is 0.252 e. The number of benzene rings is 15. The summed E-state index contributed by atoms with van der Waals surface area (Å²) in [4.78, 5) is 10.5. The minimum Gasteiger partial charge on any atom is -0.311 e. The number of nitrogens with zero attached hydrogens (tertiary/aromatic N) is 4. The number of fused-ring (bicyclic) bond motifs is 8. The molecule has 0 N–H and O–H groups in total. The van der Waals surface area contributed by atoms with Crippen molar-refractivity contribution in [1.29, 1.82) is 0 Å². The molecule has 0 amide bonds. The summed E-state index contributed by atoms with van der Waals surface area (Å²) in [7, 11) is 0. The predicted octanol–water partition coefficient (Wildman–Crippen LogP) is 19.9. The number of para-hydroxylation sites is 6. The quantitative estimate of drug-likeness (QED) is 0.127. The van der Waals surface area contributed by atoms with Gasteiger partial charge in [0.2, 0.25) is 0 Å². The van der Waals surface area contributed by atoms with Gasteiger partial charge in [0.15, 0.2) is 0 Å². The Bertz CT molecular complexity index is 5170. The van der Waals surface area contributed by atoms with Gasteiger partial charge in [0.05, 0.1) is 22.7 Å². The SMILES string of the molecule is c1ccc(-c2cc3c4c(c2)N(c2ccccc2-c2ccccc2)c2cc5c(cc2B4c2ccccc2N3c2ccccc2-c2ccccc2)B2c3ccccc3N(c3ccccc3-c3ccccc3)c3cc(-c4ccccc4)cc(c32)N5c2ccccc2-c2ccccc2)cc1. The zero-order valence-electron chi connectivity index (χ0n) is 52.6. The van der Waals surface area contributed by atoms with Crippen LogP contribution in [0.3, 0.4) is 0 Å². The molecule has 15 aromatic carbocycles. The Labute approximate surface area is 561 Å². The molecule has 4 heterocycles. The van der Waals surface area contributed by atoms with E-state index in [1.807, 2.05) is 0 Å². The molecular formula is C90H60B2N4. The third-order valence-electron chi connectivity index (χ3n) is 20.2. The van der Waals surface area contributed by atoms with E-state index in [1.165, 1.54) is 55.0 Å². The van der Waals surface area contributed by atoms with Crippen LogP contribution < -0.4 is 52.4 Å². The molecule has 0 aliphatic carbocycles. The maximum Gasteiger partial charge on any atom is 0.252 e. The Morgan fingerprint density at radius 2 is 0.375 bits per heavy atom. The monoisotopic (exact) mass is 1220 g/mol. The summed E-state index contributed by atoms with van der Waals surface area (Å²) >= 11 is 0. The van der Waals surface area contributed by atoms with E-state index >= 15 is 0 Å². The predicted molar refractivity (Wildman–Crippen MR) is 407 cm³/mol. The fourth-order valence-corrected chi connectivity index (χ4v) is 16.1. The lowest BCUT2D eigenvalue weighted by Crippen LogP contribution is -2.65. The lowest BCUT2D eigenvalue weighted by atomic mass is 9.30. The van der Waals surface area contributed by atoms with Crippen LogP contribution in [0.5, 0.6) is 0 Å².